The molecular weight excluding hydrogens is 210 g/mol. The lowest BCUT2D eigenvalue weighted by Crippen LogP contribution is -2.46. The van der Waals surface area contributed by atoms with Crippen molar-refractivity contribution in [2.75, 3.05) is 13.2 Å². The standard InChI is InChI=1S/C15H23NO/c1-3-17-11-12(2)16-15-9-14(10-15)13-7-5-4-6-8-13/h4-8,12,14-16H,3,9-11H2,1-2H3. The predicted molar refractivity (Wildman–Crippen MR) is 71.3 cm³/mol. The van der Waals surface area contributed by atoms with E-state index in [1.165, 1.54) is 18.4 Å². The molecule has 0 bridgehead atoms. The summed E-state index contributed by atoms with van der Waals surface area (Å²) in [6, 6.07) is 12.0. The van der Waals surface area contributed by atoms with Crippen molar-refractivity contribution in [2.45, 2.75) is 44.7 Å². The number of hydrogen-bond donors (Lipinski definition) is 1. The first-order valence-electron chi connectivity index (χ1n) is 6.68. The van der Waals surface area contributed by atoms with Crippen molar-refractivity contribution in [1.82, 2.24) is 5.32 Å². The molecule has 0 saturated heterocycles. The lowest BCUT2D eigenvalue weighted by molar-refractivity contribution is 0.115. The fourth-order valence-electron chi connectivity index (χ4n) is 2.50. The van der Waals surface area contributed by atoms with Gasteiger partial charge >= 0.3 is 0 Å². The molecule has 1 aliphatic carbocycles. The maximum absolute atomic E-state index is 5.41. The zero-order valence-corrected chi connectivity index (χ0v) is 10.9. The van der Waals surface area contributed by atoms with Crippen LogP contribution >= 0.6 is 0 Å². The molecule has 0 aromatic heterocycles. The molecular formula is C15H23NO. The van der Waals surface area contributed by atoms with Gasteiger partial charge in [0.15, 0.2) is 0 Å². The average molecular weight is 233 g/mol. The van der Waals surface area contributed by atoms with E-state index in [4.69, 9.17) is 4.74 Å². The van der Waals surface area contributed by atoms with Gasteiger partial charge in [-0.3, -0.25) is 0 Å². The Balaban J connectivity index is 1.69. The van der Waals surface area contributed by atoms with Crippen LogP contribution in [0.3, 0.4) is 0 Å². The molecule has 1 aliphatic rings. The first-order chi connectivity index (χ1) is 8.29. The fourth-order valence-corrected chi connectivity index (χ4v) is 2.50. The molecule has 2 nitrogen and oxygen atoms in total. The van der Waals surface area contributed by atoms with E-state index < -0.39 is 0 Å². The molecule has 17 heavy (non-hydrogen) atoms. The van der Waals surface area contributed by atoms with Gasteiger partial charge in [0.05, 0.1) is 6.61 Å². The zero-order valence-electron chi connectivity index (χ0n) is 10.9. The van der Waals surface area contributed by atoms with Crippen LogP contribution in [-0.4, -0.2) is 25.3 Å². The van der Waals surface area contributed by atoms with Crippen LogP contribution in [0.25, 0.3) is 0 Å². The summed E-state index contributed by atoms with van der Waals surface area (Å²) in [4.78, 5) is 0. The van der Waals surface area contributed by atoms with E-state index in [-0.39, 0.29) is 0 Å². The highest BCUT2D eigenvalue weighted by Crippen LogP contribution is 2.36. The number of benzene rings is 1. The third-order valence-corrected chi connectivity index (χ3v) is 3.50. The molecule has 0 aliphatic heterocycles. The van der Waals surface area contributed by atoms with Gasteiger partial charge in [0.1, 0.15) is 0 Å². The highest BCUT2D eigenvalue weighted by atomic mass is 16.5. The SMILES string of the molecule is CCOCC(C)NC1CC(c2ccccc2)C1. The van der Waals surface area contributed by atoms with E-state index in [2.05, 4.69) is 42.6 Å². The monoisotopic (exact) mass is 233 g/mol. The number of hydrogen-bond acceptors (Lipinski definition) is 2. The van der Waals surface area contributed by atoms with Gasteiger partial charge in [-0.25, -0.2) is 0 Å². The van der Waals surface area contributed by atoms with E-state index in [1.807, 2.05) is 6.92 Å². The molecule has 1 aromatic carbocycles. The highest BCUT2D eigenvalue weighted by Gasteiger charge is 2.30. The van der Waals surface area contributed by atoms with Crippen LogP contribution in [0.2, 0.25) is 0 Å². The Morgan fingerprint density at radius 3 is 2.65 bits per heavy atom. The van der Waals surface area contributed by atoms with Crippen LogP contribution < -0.4 is 5.32 Å². The van der Waals surface area contributed by atoms with Crippen molar-refractivity contribution in [1.29, 1.82) is 0 Å². The average Bonchev–Trinajstić information content (AvgIpc) is 2.31. The van der Waals surface area contributed by atoms with Crippen LogP contribution in [0.1, 0.15) is 38.2 Å². The normalized spacial score (nSPS) is 25.3. The molecule has 1 saturated carbocycles. The summed E-state index contributed by atoms with van der Waals surface area (Å²) in [5.41, 5.74) is 1.49. The molecule has 94 valence electrons. The van der Waals surface area contributed by atoms with Crippen molar-refractivity contribution in [2.24, 2.45) is 0 Å². The van der Waals surface area contributed by atoms with Gasteiger partial charge in [-0.15, -0.1) is 0 Å². The van der Waals surface area contributed by atoms with E-state index in [0.29, 0.717) is 12.1 Å². The summed E-state index contributed by atoms with van der Waals surface area (Å²) in [6.07, 6.45) is 2.53. The van der Waals surface area contributed by atoms with Crippen LogP contribution in [0, 0.1) is 0 Å². The maximum atomic E-state index is 5.41. The van der Waals surface area contributed by atoms with Crippen molar-refractivity contribution < 1.29 is 4.74 Å². The molecule has 0 spiro atoms. The van der Waals surface area contributed by atoms with Crippen molar-refractivity contribution >= 4 is 0 Å². The van der Waals surface area contributed by atoms with Crippen LogP contribution in [0.4, 0.5) is 0 Å². The van der Waals surface area contributed by atoms with Gasteiger partial charge in [-0.2, -0.15) is 0 Å². The maximum Gasteiger partial charge on any atom is 0.0616 e. The molecule has 2 rings (SSSR count). The van der Waals surface area contributed by atoms with Crippen LogP contribution in [0.5, 0.6) is 0 Å². The summed E-state index contributed by atoms with van der Waals surface area (Å²) in [5.74, 6) is 0.757. The summed E-state index contributed by atoms with van der Waals surface area (Å²) in [7, 11) is 0. The Morgan fingerprint density at radius 1 is 1.29 bits per heavy atom. The largest absolute Gasteiger partial charge is 0.380 e. The molecule has 0 amide bonds. The molecule has 1 aromatic rings. The minimum Gasteiger partial charge on any atom is -0.380 e. The third-order valence-electron chi connectivity index (χ3n) is 3.50. The Labute approximate surface area is 104 Å². The molecule has 2 heteroatoms. The van der Waals surface area contributed by atoms with E-state index in [0.717, 1.165) is 19.1 Å². The van der Waals surface area contributed by atoms with Crippen molar-refractivity contribution in [3.05, 3.63) is 35.9 Å². The Bertz CT molecular complexity index is 319. The molecule has 1 unspecified atom stereocenters. The molecule has 0 radical (unpaired) electrons. The first kappa shape index (κ1) is 12.6. The second kappa shape index (κ2) is 6.18. The minimum atomic E-state index is 0.469. The van der Waals surface area contributed by atoms with E-state index in [1.54, 1.807) is 0 Å². The van der Waals surface area contributed by atoms with Crippen LogP contribution in [-0.2, 0) is 4.74 Å². The molecule has 0 heterocycles. The van der Waals surface area contributed by atoms with Crippen LogP contribution in [0.15, 0.2) is 30.3 Å². The molecule has 1 fully saturated rings. The van der Waals surface area contributed by atoms with E-state index >= 15 is 0 Å². The highest BCUT2D eigenvalue weighted by molar-refractivity contribution is 5.22. The van der Waals surface area contributed by atoms with Gasteiger partial charge in [0, 0.05) is 18.7 Å². The summed E-state index contributed by atoms with van der Waals surface area (Å²) < 4.78 is 5.41. The number of nitrogens with one attached hydrogen (secondary N) is 1. The smallest absolute Gasteiger partial charge is 0.0616 e. The lowest BCUT2D eigenvalue weighted by atomic mass is 9.75. The summed E-state index contributed by atoms with van der Waals surface area (Å²) >= 11 is 0. The second-order valence-electron chi connectivity index (χ2n) is 5.00. The Hall–Kier alpha value is -0.860. The molecule has 1 N–H and O–H groups in total. The van der Waals surface area contributed by atoms with Gasteiger partial charge in [0.2, 0.25) is 0 Å². The summed E-state index contributed by atoms with van der Waals surface area (Å²) in [6.45, 7) is 5.87. The van der Waals surface area contributed by atoms with E-state index in [9.17, 15) is 0 Å². The first-order valence-corrected chi connectivity index (χ1v) is 6.68. The fraction of sp³-hybridized carbons (Fsp3) is 0.600. The van der Waals surface area contributed by atoms with Crippen molar-refractivity contribution in [3.63, 3.8) is 0 Å². The minimum absolute atomic E-state index is 0.469. The van der Waals surface area contributed by atoms with Gasteiger partial charge in [0.25, 0.3) is 0 Å². The molecule has 1 atom stereocenters. The van der Waals surface area contributed by atoms with Gasteiger partial charge in [-0.05, 0) is 38.2 Å². The Kier molecular flexibility index (Phi) is 4.57. The zero-order chi connectivity index (χ0) is 12.1. The number of ether oxygens (including phenoxy) is 1. The number of rotatable bonds is 6. The predicted octanol–water partition coefficient (Wildman–Crippen LogP) is 2.95. The third kappa shape index (κ3) is 3.55. The van der Waals surface area contributed by atoms with Crippen molar-refractivity contribution in [3.8, 4) is 0 Å². The second-order valence-corrected chi connectivity index (χ2v) is 5.00. The Morgan fingerprint density at radius 2 is 2.00 bits per heavy atom. The topological polar surface area (TPSA) is 21.3 Å². The van der Waals surface area contributed by atoms with Gasteiger partial charge < -0.3 is 10.1 Å². The van der Waals surface area contributed by atoms with Gasteiger partial charge in [-0.1, -0.05) is 30.3 Å². The quantitative estimate of drug-likeness (QED) is 0.815. The lowest BCUT2D eigenvalue weighted by Gasteiger charge is -2.38. The summed E-state index contributed by atoms with van der Waals surface area (Å²) in [5, 5.41) is 3.63.